The molecule has 15 heavy (non-hydrogen) atoms. The third-order valence-electron chi connectivity index (χ3n) is 2.78. The zero-order chi connectivity index (χ0) is 10.7. The van der Waals surface area contributed by atoms with Crippen LogP contribution in [-0.2, 0) is 19.3 Å². The standard InChI is InChI=1S/C11H18N4/c1-3-10-14-9-5-7-13-6-4-8(9)11(12-2)15-10/h13H,3-7H2,1-2H3,(H,12,14,15). The molecule has 0 aromatic carbocycles. The fourth-order valence-electron chi connectivity index (χ4n) is 1.96. The van der Waals surface area contributed by atoms with Crippen LogP contribution in [0.15, 0.2) is 0 Å². The number of anilines is 1. The summed E-state index contributed by atoms with van der Waals surface area (Å²) in [7, 11) is 1.93. The summed E-state index contributed by atoms with van der Waals surface area (Å²) in [5.41, 5.74) is 2.51. The summed E-state index contributed by atoms with van der Waals surface area (Å²) in [6.07, 6.45) is 2.93. The number of aromatic nitrogens is 2. The van der Waals surface area contributed by atoms with Gasteiger partial charge >= 0.3 is 0 Å². The molecule has 0 atom stereocenters. The van der Waals surface area contributed by atoms with E-state index in [1.54, 1.807) is 0 Å². The average molecular weight is 206 g/mol. The zero-order valence-corrected chi connectivity index (χ0v) is 9.43. The molecule has 0 fully saturated rings. The van der Waals surface area contributed by atoms with Gasteiger partial charge in [0, 0.05) is 32.0 Å². The summed E-state index contributed by atoms with van der Waals surface area (Å²) >= 11 is 0. The lowest BCUT2D eigenvalue weighted by molar-refractivity contribution is 0.708. The first-order chi connectivity index (χ1) is 7.35. The van der Waals surface area contributed by atoms with E-state index in [0.29, 0.717) is 0 Å². The SMILES string of the molecule is CCc1nc2c(c(NC)n1)CCNCC2. The molecular formula is C11H18N4. The minimum absolute atomic E-state index is 0.898. The van der Waals surface area contributed by atoms with Crippen molar-refractivity contribution in [3.8, 4) is 0 Å². The predicted molar refractivity (Wildman–Crippen MR) is 61.2 cm³/mol. The van der Waals surface area contributed by atoms with Crippen molar-refractivity contribution in [1.82, 2.24) is 15.3 Å². The van der Waals surface area contributed by atoms with Crippen molar-refractivity contribution < 1.29 is 0 Å². The van der Waals surface area contributed by atoms with Crippen LogP contribution in [0.1, 0.15) is 24.0 Å². The van der Waals surface area contributed by atoms with Crippen molar-refractivity contribution in [2.75, 3.05) is 25.5 Å². The van der Waals surface area contributed by atoms with Crippen LogP contribution in [0.4, 0.5) is 5.82 Å². The van der Waals surface area contributed by atoms with E-state index >= 15 is 0 Å². The van der Waals surface area contributed by atoms with Crippen molar-refractivity contribution in [3.63, 3.8) is 0 Å². The van der Waals surface area contributed by atoms with E-state index in [-0.39, 0.29) is 0 Å². The predicted octanol–water partition coefficient (Wildman–Crippen LogP) is 0.769. The molecule has 1 aromatic rings. The Hall–Kier alpha value is -1.16. The normalized spacial score (nSPS) is 15.6. The Morgan fingerprint density at radius 1 is 1.27 bits per heavy atom. The van der Waals surface area contributed by atoms with Crippen molar-refractivity contribution in [3.05, 3.63) is 17.1 Å². The maximum atomic E-state index is 4.61. The molecule has 4 nitrogen and oxygen atoms in total. The Kier molecular flexibility index (Phi) is 3.16. The van der Waals surface area contributed by atoms with Gasteiger partial charge in [0.2, 0.25) is 0 Å². The minimum atomic E-state index is 0.898. The number of hydrogen-bond acceptors (Lipinski definition) is 4. The van der Waals surface area contributed by atoms with E-state index in [1.807, 2.05) is 7.05 Å². The Labute approximate surface area is 90.5 Å². The number of aryl methyl sites for hydroxylation is 1. The van der Waals surface area contributed by atoms with Crippen LogP contribution in [0.2, 0.25) is 0 Å². The lowest BCUT2D eigenvalue weighted by Gasteiger charge is -2.11. The van der Waals surface area contributed by atoms with Crippen LogP contribution >= 0.6 is 0 Å². The number of nitrogens with zero attached hydrogens (tertiary/aromatic N) is 2. The summed E-state index contributed by atoms with van der Waals surface area (Å²) in [5, 5.41) is 6.57. The van der Waals surface area contributed by atoms with Crippen LogP contribution in [0.3, 0.4) is 0 Å². The summed E-state index contributed by atoms with van der Waals surface area (Å²) in [5.74, 6) is 1.96. The molecule has 0 unspecified atom stereocenters. The van der Waals surface area contributed by atoms with Crippen LogP contribution in [-0.4, -0.2) is 30.1 Å². The van der Waals surface area contributed by atoms with Crippen molar-refractivity contribution in [2.24, 2.45) is 0 Å². The second kappa shape index (κ2) is 4.57. The average Bonchev–Trinajstić information content (AvgIpc) is 2.52. The van der Waals surface area contributed by atoms with E-state index < -0.39 is 0 Å². The number of fused-ring (bicyclic) bond motifs is 1. The largest absolute Gasteiger partial charge is 0.373 e. The van der Waals surface area contributed by atoms with Gasteiger partial charge in [0.1, 0.15) is 11.6 Å². The highest BCUT2D eigenvalue weighted by atomic mass is 15.0. The Bertz CT molecular complexity index is 349. The third-order valence-corrected chi connectivity index (χ3v) is 2.78. The molecule has 4 heteroatoms. The topological polar surface area (TPSA) is 49.8 Å². The molecule has 82 valence electrons. The van der Waals surface area contributed by atoms with Crippen molar-refractivity contribution in [1.29, 1.82) is 0 Å². The molecule has 0 spiro atoms. The van der Waals surface area contributed by atoms with E-state index in [0.717, 1.165) is 44.0 Å². The van der Waals surface area contributed by atoms with Gasteiger partial charge in [-0.1, -0.05) is 6.92 Å². The van der Waals surface area contributed by atoms with Crippen LogP contribution in [0, 0.1) is 0 Å². The summed E-state index contributed by atoms with van der Waals surface area (Å²) in [6.45, 7) is 4.14. The number of nitrogens with one attached hydrogen (secondary N) is 2. The quantitative estimate of drug-likeness (QED) is 0.750. The Balaban J connectivity index is 2.45. The van der Waals surface area contributed by atoms with Gasteiger partial charge < -0.3 is 10.6 Å². The van der Waals surface area contributed by atoms with E-state index in [2.05, 4.69) is 27.5 Å². The third kappa shape index (κ3) is 2.09. The molecule has 1 aromatic heterocycles. The fourth-order valence-corrected chi connectivity index (χ4v) is 1.96. The van der Waals surface area contributed by atoms with Gasteiger partial charge in [-0.05, 0) is 13.0 Å². The molecule has 0 radical (unpaired) electrons. The molecule has 1 aliphatic rings. The first-order valence-electron chi connectivity index (χ1n) is 5.62. The molecule has 1 aliphatic heterocycles. The highest BCUT2D eigenvalue weighted by Crippen LogP contribution is 2.19. The van der Waals surface area contributed by atoms with Crippen molar-refractivity contribution in [2.45, 2.75) is 26.2 Å². The lowest BCUT2D eigenvalue weighted by Crippen LogP contribution is -2.16. The van der Waals surface area contributed by atoms with Crippen molar-refractivity contribution >= 4 is 5.82 Å². The maximum absolute atomic E-state index is 4.61. The van der Waals surface area contributed by atoms with Gasteiger partial charge in [-0.15, -0.1) is 0 Å². The Morgan fingerprint density at radius 2 is 2.07 bits per heavy atom. The molecule has 2 rings (SSSR count). The molecule has 0 saturated carbocycles. The van der Waals surface area contributed by atoms with Crippen LogP contribution < -0.4 is 10.6 Å². The zero-order valence-electron chi connectivity index (χ0n) is 9.43. The summed E-state index contributed by atoms with van der Waals surface area (Å²) in [4.78, 5) is 9.12. The fraction of sp³-hybridized carbons (Fsp3) is 0.636. The smallest absolute Gasteiger partial charge is 0.132 e. The second-order valence-electron chi connectivity index (χ2n) is 3.77. The number of hydrogen-bond donors (Lipinski definition) is 2. The second-order valence-corrected chi connectivity index (χ2v) is 3.77. The molecule has 2 N–H and O–H groups in total. The van der Waals surface area contributed by atoms with E-state index in [4.69, 9.17) is 0 Å². The van der Waals surface area contributed by atoms with E-state index in [9.17, 15) is 0 Å². The Morgan fingerprint density at radius 3 is 2.80 bits per heavy atom. The molecule has 2 heterocycles. The first kappa shape index (κ1) is 10.4. The highest BCUT2D eigenvalue weighted by Gasteiger charge is 2.14. The highest BCUT2D eigenvalue weighted by molar-refractivity contribution is 5.47. The number of rotatable bonds is 2. The van der Waals surface area contributed by atoms with Crippen LogP contribution in [0.25, 0.3) is 0 Å². The van der Waals surface area contributed by atoms with Gasteiger partial charge in [0.05, 0.1) is 5.69 Å². The minimum Gasteiger partial charge on any atom is -0.373 e. The van der Waals surface area contributed by atoms with E-state index in [1.165, 1.54) is 11.3 Å². The molecular weight excluding hydrogens is 188 g/mol. The molecule has 0 bridgehead atoms. The van der Waals surface area contributed by atoms with Gasteiger partial charge in [-0.3, -0.25) is 0 Å². The maximum Gasteiger partial charge on any atom is 0.132 e. The first-order valence-corrected chi connectivity index (χ1v) is 5.62. The monoisotopic (exact) mass is 206 g/mol. The molecule has 0 aliphatic carbocycles. The lowest BCUT2D eigenvalue weighted by atomic mass is 10.1. The summed E-state index contributed by atoms with van der Waals surface area (Å²) in [6, 6.07) is 0. The van der Waals surface area contributed by atoms with Gasteiger partial charge in [-0.2, -0.15) is 0 Å². The summed E-state index contributed by atoms with van der Waals surface area (Å²) < 4.78 is 0. The van der Waals surface area contributed by atoms with Crippen LogP contribution in [0.5, 0.6) is 0 Å². The molecule has 0 saturated heterocycles. The van der Waals surface area contributed by atoms with Gasteiger partial charge in [0.15, 0.2) is 0 Å². The van der Waals surface area contributed by atoms with Gasteiger partial charge in [0.25, 0.3) is 0 Å². The van der Waals surface area contributed by atoms with Gasteiger partial charge in [-0.25, -0.2) is 9.97 Å². The molecule has 0 amide bonds.